The van der Waals surface area contributed by atoms with Crippen LogP contribution in [0.1, 0.15) is 29.3 Å². The molecule has 0 bridgehead atoms. The Kier molecular flexibility index (Phi) is 10.2. The van der Waals surface area contributed by atoms with E-state index in [9.17, 15) is 9.46 Å². The molecule has 1 fully saturated rings. The molecule has 0 spiro atoms. The number of imidazole rings is 1. The summed E-state index contributed by atoms with van der Waals surface area (Å²) in [7, 11) is -1.55. The Labute approximate surface area is 304 Å². The second kappa shape index (κ2) is 14.9. The lowest BCUT2D eigenvalue weighted by molar-refractivity contribution is -0.0919. The maximum Gasteiger partial charge on any atom is 0.527 e. The number of anilines is 1. The normalized spacial score (nSPS) is 18.6. The molecule has 1 aliphatic rings. The van der Waals surface area contributed by atoms with Crippen molar-refractivity contribution in [3.05, 3.63) is 137 Å². The highest BCUT2D eigenvalue weighted by Crippen LogP contribution is 2.51. The van der Waals surface area contributed by atoms with Crippen molar-refractivity contribution in [2.75, 3.05) is 26.6 Å². The summed E-state index contributed by atoms with van der Waals surface area (Å²) < 4.78 is 51.1. The molecule has 0 aliphatic carbocycles. The van der Waals surface area contributed by atoms with Gasteiger partial charge in [-0.1, -0.05) is 78.3 Å². The van der Waals surface area contributed by atoms with Crippen LogP contribution < -0.4 is 19.7 Å². The van der Waals surface area contributed by atoms with Gasteiger partial charge in [-0.25, -0.2) is 19.5 Å². The Morgan fingerprint density at radius 3 is 2.13 bits per heavy atom. The molecule has 0 saturated carbocycles. The zero-order valence-corrected chi connectivity index (χ0v) is 29.8. The predicted molar refractivity (Wildman–Crippen MR) is 193 cm³/mol. The minimum atomic E-state index is -4.76. The number of fused-ring (bicyclic) bond motifs is 1. The van der Waals surface area contributed by atoms with E-state index in [1.54, 1.807) is 37.0 Å². The molecule has 52 heavy (non-hydrogen) atoms. The second-order valence-electron chi connectivity index (χ2n) is 11.9. The molecule has 15 heteroatoms. The van der Waals surface area contributed by atoms with Crippen molar-refractivity contribution in [3.63, 3.8) is 0 Å². The third-order valence-electron chi connectivity index (χ3n) is 8.83. The molecule has 1 unspecified atom stereocenters. The molecule has 13 nitrogen and oxygen atoms in total. The Bertz CT molecular complexity index is 2140. The smallest absolute Gasteiger partial charge is 0.497 e. The van der Waals surface area contributed by atoms with E-state index in [1.165, 1.54) is 18.7 Å². The zero-order valence-electron chi connectivity index (χ0n) is 28.1. The Morgan fingerprint density at radius 2 is 1.50 bits per heavy atom. The number of phosphoric ester groups is 1. The number of hydrogen-bond acceptors (Lipinski definition) is 11. The Balaban J connectivity index is 1.28. The van der Waals surface area contributed by atoms with Crippen LogP contribution in [0.5, 0.6) is 17.2 Å². The number of hydrogen-bond donors (Lipinski definition) is 2. The fraction of sp³-hybridized carbons (Fsp3) is 0.216. The molecule has 3 N–H and O–H groups in total. The summed E-state index contributed by atoms with van der Waals surface area (Å²) >= 11 is 6.24. The summed E-state index contributed by atoms with van der Waals surface area (Å²) in [5, 5.41) is 0.148. The molecule has 1 saturated heterocycles. The first-order chi connectivity index (χ1) is 25.2. The molecule has 7 rings (SSSR count). The van der Waals surface area contributed by atoms with Gasteiger partial charge in [0.2, 0.25) is 0 Å². The molecular weight excluding hydrogens is 709 g/mol. The fourth-order valence-electron chi connectivity index (χ4n) is 6.33. The quantitative estimate of drug-likeness (QED) is 0.0927. The number of nitrogens with two attached hydrogens (primary N) is 1. The number of para-hydroxylation sites is 1. The van der Waals surface area contributed by atoms with Crippen LogP contribution in [0, 0.1) is 0 Å². The van der Waals surface area contributed by atoms with Gasteiger partial charge < -0.3 is 29.2 Å². The molecular formula is C37H35ClN5O8P. The highest BCUT2D eigenvalue weighted by atomic mass is 35.5. The van der Waals surface area contributed by atoms with Gasteiger partial charge in [-0.2, -0.15) is 0 Å². The van der Waals surface area contributed by atoms with Gasteiger partial charge in [-0.15, -0.1) is 0 Å². The van der Waals surface area contributed by atoms with Crippen molar-refractivity contribution < 1.29 is 37.5 Å². The number of methoxy groups -OCH3 is 2. The molecule has 6 aromatic rings. The van der Waals surface area contributed by atoms with E-state index in [1.807, 2.05) is 78.9 Å². The number of rotatable bonds is 13. The lowest BCUT2D eigenvalue weighted by atomic mass is 9.80. The maximum absolute atomic E-state index is 13.5. The van der Waals surface area contributed by atoms with Crippen molar-refractivity contribution in [3.8, 4) is 17.2 Å². The SMILES string of the molecule is COc1ccc(C(OC[C@H]2O[C@@H](n3cnc4c(N)ncnc43)C[C@@H]2OP(=O)(O)Oc2ccccc2Cl)(c2ccccc2)c2ccc(OC)cc2)cc1. The highest BCUT2D eigenvalue weighted by Gasteiger charge is 2.46. The van der Waals surface area contributed by atoms with Crippen LogP contribution in [-0.4, -0.2) is 57.4 Å². The Morgan fingerprint density at radius 1 is 0.885 bits per heavy atom. The number of halogens is 1. The molecule has 3 heterocycles. The molecule has 4 atom stereocenters. The number of nitrogens with zero attached hydrogens (tertiary/aromatic N) is 4. The average Bonchev–Trinajstić information content (AvgIpc) is 3.78. The number of ether oxygens (including phenoxy) is 4. The maximum atomic E-state index is 13.5. The first kappa shape index (κ1) is 35.4. The monoisotopic (exact) mass is 743 g/mol. The van der Waals surface area contributed by atoms with Gasteiger partial charge in [-0.05, 0) is 53.1 Å². The van der Waals surface area contributed by atoms with E-state index in [0.717, 1.165) is 16.7 Å². The van der Waals surface area contributed by atoms with Gasteiger partial charge >= 0.3 is 7.82 Å². The lowest BCUT2D eigenvalue weighted by Gasteiger charge is -2.37. The average molecular weight is 744 g/mol. The molecule has 2 aromatic heterocycles. The summed E-state index contributed by atoms with van der Waals surface area (Å²) in [5.74, 6) is 1.54. The van der Waals surface area contributed by atoms with E-state index < -0.39 is 31.9 Å². The molecule has 1 aliphatic heterocycles. The van der Waals surface area contributed by atoms with Crippen LogP contribution in [0.3, 0.4) is 0 Å². The molecule has 0 radical (unpaired) electrons. The van der Waals surface area contributed by atoms with Crippen LogP contribution >= 0.6 is 19.4 Å². The third-order valence-corrected chi connectivity index (χ3v) is 10.1. The number of nitrogen functional groups attached to an aromatic ring is 1. The fourth-order valence-corrected chi connectivity index (χ4v) is 7.57. The lowest BCUT2D eigenvalue weighted by Crippen LogP contribution is -2.38. The van der Waals surface area contributed by atoms with Gasteiger partial charge in [0, 0.05) is 6.42 Å². The second-order valence-corrected chi connectivity index (χ2v) is 13.6. The number of phosphoric acid groups is 1. The van der Waals surface area contributed by atoms with Crippen LogP contribution in [-0.2, 0) is 24.2 Å². The van der Waals surface area contributed by atoms with Gasteiger partial charge in [0.1, 0.15) is 53.1 Å². The molecule has 0 amide bonds. The van der Waals surface area contributed by atoms with Gasteiger partial charge in [0.15, 0.2) is 11.5 Å². The van der Waals surface area contributed by atoms with Crippen molar-refractivity contribution in [2.24, 2.45) is 0 Å². The zero-order chi connectivity index (χ0) is 36.3. The summed E-state index contributed by atoms with van der Waals surface area (Å²) in [6.45, 7) is -0.107. The highest BCUT2D eigenvalue weighted by molar-refractivity contribution is 7.47. The third kappa shape index (κ3) is 7.07. The summed E-state index contributed by atoms with van der Waals surface area (Å²) in [6.07, 6.45) is 0.297. The first-order valence-corrected chi connectivity index (χ1v) is 18.1. The van der Waals surface area contributed by atoms with Crippen LogP contribution in [0.2, 0.25) is 5.02 Å². The van der Waals surface area contributed by atoms with E-state index in [0.29, 0.717) is 22.7 Å². The van der Waals surface area contributed by atoms with Crippen LogP contribution in [0.25, 0.3) is 11.2 Å². The molecule has 4 aromatic carbocycles. The van der Waals surface area contributed by atoms with E-state index in [2.05, 4.69) is 15.0 Å². The van der Waals surface area contributed by atoms with Crippen molar-refractivity contribution in [1.82, 2.24) is 19.5 Å². The van der Waals surface area contributed by atoms with Gasteiger partial charge in [-0.3, -0.25) is 14.0 Å². The van der Waals surface area contributed by atoms with Gasteiger partial charge in [0.05, 0.1) is 32.2 Å². The molecule has 268 valence electrons. The standard InChI is InChI=1S/C37H35ClN5O8P/c1-46-27-16-12-25(13-17-27)37(24-8-4-3-5-9-24,26-14-18-28(47-2)19-15-26)48-21-32-31(51-52(44,45)50-30-11-7-6-10-29(30)38)20-33(49-32)43-23-42-34-35(39)40-22-41-36(34)43/h3-19,22-23,31-33H,20-21H2,1-2H3,(H,44,45)(H2,39,40,41)/t31-,32+,33+/m0/s1. The first-order valence-electron chi connectivity index (χ1n) is 16.2. The van der Waals surface area contributed by atoms with Crippen LogP contribution in [0.15, 0.2) is 116 Å². The van der Waals surface area contributed by atoms with Crippen molar-refractivity contribution in [2.45, 2.75) is 30.5 Å². The minimum absolute atomic E-state index is 0.00634. The van der Waals surface area contributed by atoms with Crippen molar-refractivity contribution >= 4 is 36.4 Å². The van der Waals surface area contributed by atoms with E-state index in [-0.39, 0.29) is 29.6 Å². The number of aromatic nitrogens is 4. The predicted octanol–water partition coefficient (Wildman–Crippen LogP) is 6.94. The Hall–Kier alpha value is -5.01. The van der Waals surface area contributed by atoms with Crippen LogP contribution in [0.4, 0.5) is 5.82 Å². The van der Waals surface area contributed by atoms with Crippen molar-refractivity contribution in [1.29, 1.82) is 0 Å². The van der Waals surface area contributed by atoms with E-state index >= 15 is 0 Å². The summed E-state index contributed by atoms with van der Waals surface area (Å²) in [6, 6.07) is 31.2. The van der Waals surface area contributed by atoms with E-state index in [4.69, 9.17) is 45.3 Å². The summed E-state index contributed by atoms with van der Waals surface area (Å²) in [5.41, 5.74) is 8.08. The van der Waals surface area contributed by atoms with Gasteiger partial charge in [0.25, 0.3) is 0 Å². The summed E-state index contributed by atoms with van der Waals surface area (Å²) in [4.78, 5) is 23.8. The number of benzene rings is 4. The topological polar surface area (TPSA) is 162 Å². The minimum Gasteiger partial charge on any atom is -0.497 e. The largest absolute Gasteiger partial charge is 0.527 e.